The minimum atomic E-state index is -0.520. The van der Waals surface area contributed by atoms with E-state index >= 15 is 0 Å². The molecule has 2 heterocycles. The fourth-order valence-electron chi connectivity index (χ4n) is 3.41. The molecular weight excluding hydrogens is 422 g/mol. The number of fused-ring (bicyclic) bond motifs is 1. The van der Waals surface area contributed by atoms with Crippen LogP contribution in [0.25, 0.3) is 11.1 Å². The maximum atomic E-state index is 12.2. The molecule has 1 aromatic heterocycles. The van der Waals surface area contributed by atoms with Crippen molar-refractivity contribution in [1.82, 2.24) is 5.32 Å². The summed E-state index contributed by atoms with van der Waals surface area (Å²) >= 11 is 6.45. The molecule has 0 unspecified atom stereocenters. The summed E-state index contributed by atoms with van der Waals surface area (Å²) < 4.78 is 15.4. The van der Waals surface area contributed by atoms with E-state index in [1.54, 1.807) is 24.3 Å². The molecule has 0 saturated heterocycles. The minimum absolute atomic E-state index is 0.251. The van der Waals surface area contributed by atoms with E-state index in [2.05, 4.69) is 5.32 Å². The highest BCUT2D eigenvalue weighted by molar-refractivity contribution is 6.32. The number of nitrogens with one attached hydrogen (secondary N) is 1. The van der Waals surface area contributed by atoms with E-state index in [4.69, 9.17) is 25.5 Å². The number of esters is 1. The standard InChI is InChI=1S/C23H18ClNO6/c1-29-23(28)14-4-2-3-13(7-14)16-8-17-9-18(31-21(17)19(24)10-16)11-25-22(27)15-5-6-20(26)30-12-15/h2-8,10,12,18H,9,11H2,1H3,(H,25,27)/t18-/m0/s1. The van der Waals surface area contributed by atoms with Crippen molar-refractivity contribution >= 4 is 23.5 Å². The first-order valence-electron chi connectivity index (χ1n) is 9.49. The topological polar surface area (TPSA) is 94.8 Å². The summed E-state index contributed by atoms with van der Waals surface area (Å²) in [5, 5.41) is 3.22. The van der Waals surface area contributed by atoms with Gasteiger partial charge in [-0.3, -0.25) is 4.79 Å². The number of amides is 1. The van der Waals surface area contributed by atoms with E-state index in [9.17, 15) is 14.4 Å². The lowest BCUT2D eigenvalue weighted by molar-refractivity contribution is 0.0600. The van der Waals surface area contributed by atoms with Crippen molar-refractivity contribution in [2.45, 2.75) is 12.5 Å². The van der Waals surface area contributed by atoms with Crippen LogP contribution in [0.3, 0.4) is 0 Å². The zero-order chi connectivity index (χ0) is 22.0. The molecule has 2 aromatic carbocycles. The monoisotopic (exact) mass is 439 g/mol. The minimum Gasteiger partial charge on any atom is -0.486 e. The van der Waals surface area contributed by atoms with Gasteiger partial charge in [-0.15, -0.1) is 0 Å². The first-order chi connectivity index (χ1) is 14.9. The number of halogens is 1. The largest absolute Gasteiger partial charge is 0.486 e. The summed E-state index contributed by atoms with van der Waals surface area (Å²) in [7, 11) is 1.34. The lowest BCUT2D eigenvalue weighted by Gasteiger charge is -2.12. The normalized spacial score (nSPS) is 14.5. The molecule has 1 aliphatic heterocycles. The fourth-order valence-corrected chi connectivity index (χ4v) is 3.69. The van der Waals surface area contributed by atoms with Crippen molar-refractivity contribution in [3.05, 3.63) is 86.9 Å². The maximum Gasteiger partial charge on any atom is 0.337 e. The molecule has 1 amide bonds. The third kappa shape index (κ3) is 4.46. The maximum absolute atomic E-state index is 12.2. The predicted octanol–water partition coefficient (Wildman–Crippen LogP) is 3.48. The Morgan fingerprint density at radius 2 is 1.97 bits per heavy atom. The Labute approximate surface area is 182 Å². The van der Waals surface area contributed by atoms with Crippen molar-refractivity contribution < 1.29 is 23.5 Å². The van der Waals surface area contributed by atoms with Crippen LogP contribution in [0.1, 0.15) is 26.3 Å². The second-order valence-corrected chi connectivity index (χ2v) is 7.42. The molecular formula is C23H18ClNO6. The van der Waals surface area contributed by atoms with E-state index in [0.29, 0.717) is 22.8 Å². The number of carbonyl (C=O) groups excluding carboxylic acids is 2. The van der Waals surface area contributed by atoms with Gasteiger partial charge in [0.05, 0.1) is 29.8 Å². The van der Waals surface area contributed by atoms with E-state index in [0.717, 1.165) is 23.0 Å². The van der Waals surface area contributed by atoms with Crippen LogP contribution in [-0.4, -0.2) is 31.6 Å². The molecule has 8 heteroatoms. The van der Waals surface area contributed by atoms with Gasteiger partial charge in [0.1, 0.15) is 18.1 Å². The number of hydrogen-bond donors (Lipinski definition) is 1. The quantitative estimate of drug-likeness (QED) is 0.611. The van der Waals surface area contributed by atoms with Crippen LogP contribution in [0.4, 0.5) is 0 Å². The Kier molecular flexibility index (Phi) is 5.77. The average Bonchev–Trinajstić information content (AvgIpc) is 3.21. The first-order valence-corrected chi connectivity index (χ1v) is 9.87. The van der Waals surface area contributed by atoms with Crippen LogP contribution in [0.15, 0.2) is 64.0 Å². The third-order valence-electron chi connectivity index (χ3n) is 4.92. The summed E-state index contributed by atoms with van der Waals surface area (Å²) in [6.45, 7) is 0.260. The van der Waals surface area contributed by atoms with E-state index in [1.807, 2.05) is 12.1 Å². The lowest BCUT2D eigenvalue weighted by Crippen LogP contribution is -2.34. The molecule has 0 bridgehead atoms. The van der Waals surface area contributed by atoms with E-state index in [-0.39, 0.29) is 24.1 Å². The second-order valence-electron chi connectivity index (χ2n) is 7.02. The van der Waals surface area contributed by atoms with Gasteiger partial charge < -0.3 is 19.2 Å². The van der Waals surface area contributed by atoms with Gasteiger partial charge in [-0.1, -0.05) is 23.7 Å². The van der Waals surface area contributed by atoms with E-state index < -0.39 is 11.6 Å². The van der Waals surface area contributed by atoms with Gasteiger partial charge in [-0.25, -0.2) is 9.59 Å². The molecule has 0 radical (unpaired) electrons. The molecule has 1 aliphatic rings. The van der Waals surface area contributed by atoms with Crippen molar-refractivity contribution in [2.75, 3.05) is 13.7 Å². The number of carbonyl (C=O) groups is 2. The Balaban J connectivity index is 1.47. The molecule has 1 N–H and O–H groups in total. The smallest absolute Gasteiger partial charge is 0.337 e. The van der Waals surface area contributed by atoms with Gasteiger partial charge in [-0.05, 0) is 41.5 Å². The molecule has 1 atom stereocenters. The Morgan fingerprint density at radius 1 is 1.13 bits per heavy atom. The van der Waals surface area contributed by atoms with Crippen LogP contribution >= 0.6 is 11.6 Å². The van der Waals surface area contributed by atoms with E-state index in [1.165, 1.54) is 19.2 Å². The van der Waals surface area contributed by atoms with Crippen LogP contribution in [0, 0.1) is 0 Å². The third-order valence-corrected chi connectivity index (χ3v) is 5.20. The summed E-state index contributed by atoms with van der Waals surface area (Å²) in [5.74, 6) is -0.194. The molecule has 0 aliphatic carbocycles. The fraction of sp³-hybridized carbons (Fsp3) is 0.174. The summed E-state index contributed by atoms with van der Waals surface area (Å²) in [4.78, 5) is 35.0. The number of hydrogen-bond acceptors (Lipinski definition) is 6. The van der Waals surface area contributed by atoms with Crippen LogP contribution < -0.4 is 15.7 Å². The molecule has 0 spiro atoms. The summed E-state index contributed by atoms with van der Waals surface area (Å²) in [6.07, 6.45) is 1.39. The number of ether oxygens (including phenoxy) is 2. The predicted molar refractivity (Wildman–Crippen MR) is 114 cm³/mol. The van der Waals surface area contributed by atoms with Crippen molar-refractivity contribution in [1.29, 1.82) is 0 Å². The van der Waals surface area contributed by atoms with Gasteiger partial charge in [0.2, 0.25) is 0 Å². The molecule has 31 heavy (non-hydrogen) atoms. The first kappa shape index (κ1) is 20.7. The summed E-state index contributed by atoms with van der Waals surface area (Å²) in [6, 6.07) is 13.4. The molecule has 0 fully saturated rings. The highest BCUT2D eigenvalue weighted by Crippen LogP contribution is 2.39. The lowest BCUT2D eigenvalue weighted by atomic mass is 9.99. The molecule has 4 rings (SSSR count). The highest BCUT2D eigenvalue weighted by Gasteiger charge is 2.26. The van der Waals surface area contributed by atoms with Gasteiger partial charge in [-0.2, -0.15) is 0 Å². The van der Waals surface area contributed by atoms with Crippen molar-refractivity contribution in [3.8, 4) is 16.9 Å². The Morgan fingerprint density at radius 3 is 2.71 bits per heavy atom. The van der Waals surface area contributed by atoms with Crippen molar-refractivity contribution in [3.63, 3.8) is 0 Å². The van der Waals surface area contributed by atoms with Crippen LogP contribution in [0.5, 0.6) is 5.75 Å². The number of methoxy groups -OCH3 is 1. The van der Waals surface area contributed by atoms with Gasteiger partial charge in [0.15, 0.2) is 0 Å². The van der Waals surface area contributed by atoms with Crippen molar-refractivity contribution in [2.24, 2.45) is 0 Å². The molecule has 7 nitrogen and oxygen atoms in total. The van der Waals surface area contributed by atoms with Gasteiger partial charge >= 0.3 is 11.6 Å². The summed E-state index contributed by atoms with van der Waals surface area (Å²) in [5.41, 5.74) is 2.77. The SMILES string of the molecule is COC(=O)c1cccc(-c2cc(Cl)c3c(c2)C[C@@H](CNC(=O)c2ccc(=O)oc2)O3)c1. The number of benzene rings is 2. The number of rotatable bonds is 5. The van der Waals surface area contributed by atoms with Crippen LogP contribution in [0.2, 0.25) is 5.02 Å². The second kappa shape index (κ2) is 8.65. The Hall–Kier alpha value is -3.58. The van der Waals surface area contributed by atoms with Gasteiger partial charge in [0.25, 0.3) is 5.91 Å². The molecule has 3 aromatic rings. The Bertz CT molecular complexity index is 1200. The molecule has 158 valence electrons. The van der Waals surface area contributed by atoms with Crippen LogP contribution in [-0.2, 0) is 11.2 Å². The van der Waals surface area contributed by atoms with Gasteiger partial charge in [0, 0.05) is 18.1 Å². The zero-order valence-corrected chi connectivity index (χ0v) is 17.3. The highest BCUT2D eigenvalue weighted by atomic mass is 35.5. The molecule has 0 saturated carbocycles. The average molecular weight is 440 g/mol. The zero-order valence-electron chi connectivity index (χ0n) is 16.5.